The molecule has 0 spiro atoms. The topological polar surface area (TPSA) is 72.9 Å². The molecule has 0 aromatic heterocycles. The third-order valence-electron chi connectivity index (χ3n) is 4.28. The number of unbranched alkanes of at least 4 members (excludes halogenated alkanes) is 1. The molecule has 2 rings (SSSR count). The van der Waals surface area contributed by atoms with Crippen LogP contribution >= 0.6 is 0 Å². The quantitative estimate of drug-likeness (QED) is 0.578. The summed E-state index contributed by atoms with van der Waals surface area (Å²) in [6.45, 7) is 4.35. The number of rotatable bonds is 6. The Kier molecular flexibility index (Phi) is 6.33. The third-order valence-corrected chi connectivity index (χ3v) is 4.28. The van der Waals surface area contributed by atoms with Crippen LogP contribution < -0.4 is 0 Å². The minimum Gasteiger partial charge on any atom is -0.465 e. The molecule has 1 aliphatic heterocycles. The van der Waals surface area contributed by atoms with Crippen molar-refractivity contribution in [1.82, 2.24) is 4.90 Å². The number of carbonyl (C=O) groups is 3. The number of methoxy groups -OCH3 is 2. The smallest absolute Gasteiger partial charge is 0.340 e. The van der Waals surface area contributed by atoms with Gasteiger partial charge in [0.15, 0.2) is 0 Å². The van der Waals surface area contributed by atoms with E-state index in [1.54, 1.807) is 42.2 Å². The predicted molar refractivity (Wildman–Crippen MR) is 97.1 cm³/mol. The van der Waals surface area contributed by atoms with Gasteiger partial charge in [-0.15, -0.1) is 0 Å². The van der Waals surface area contributed by atoms with Crippen LogP contribution in [0.15, 0.2) is 41.1 Å². The molecule has 1 aromatic rings. The molecule has 0 atom stereocenters. The van der Waals surface area contributed by atoms with Crippen molar-refractivity contribution in [1.29, 1.82) is 0 Å². The Bertz CT molecular complexity index is 774. The highest BCUT2D eigenvalue weighted by Crippen LogP contribution is 2.31. The Hall–Kier alpha value is -2.89. The van der Waals surface area contributed by atoms with Gasteiger partial charge in [-0.05, 0) is 37.1 Å². The summed E-state index contributed by atoms with van der Waals surface area (Å²) >= 11 is 0. The van der Waals surface area contributed by atoms with E-state index in [9.17, 15) is 14.4 Å². The molecular weight excluding hydrogens is 334 g/mol. The Morgan fingerprint density at radius 1 is 1.08 bits per heavy atom. The molecule has 6 heteroatoms. The van der Waals surface area contributed by atoms with Gasteiger partial charge in [0.05, 0.1) is 30.9 Å². The molecule has 0 radical (unpaired) electrons. The molecule has 1 heterocycles. The van der Waals surface area contributed by atoms with E-state index in [4.69, 9.17) is 4.74 Å². The number of benzene rings is 1. The minimum atomic E-state index is -0.535. The van der Waals surface area contributed by atoms with Crippen LogP contribution in [-0.4, -0.2) is 43.5 Å². The Balaban J connectivity index is 2.41. The van der Waals surface area contributed by atoms with E-state index in [2.05, 4.69) is 4.74 Å². The number of amides is 1. The van der Waals surface area contributed by atoms with Gasteiger partial charge in [-0.2, -0.15) is 0 Å². The van der Waals surface area contributed by atoms with Crippen LogP contribution in [0.2, 0.25) is 0 Å². The molecule has 1 aromatic carbocycles. The summed E-state index contributed by atoms with van der Waals surface area (Å²) in [6.07, 6.45) is 3.43. The first-order valence-corrected chi connectivity index (χ1v) is 8.46. The van der Waals surface area contributed by atoms with Gasteiger partial charge in [0, 0.05) is 12.2 Å². The van der Waals surface area contributed by atoms with Crippen LogP contribution in [0.5, 0.6) is 0 Å². The highest BCUT2D eigenvalue weighted by Gasteiger charge is 2.36. The summed E-state index contributed by atoms with van der Waals surface area (Å²) in [6, 6.07) is 6.62. The molecule has 0 fully saturated rings. The second kappa shape index (κ2) is 8.47. The van der Waals surface area contributed by atoms with E-state index in [0.717, 1.165) is 12.8 Å². The first-order chi connectivity index (χ1) is 12.4. The molecule has 0 saturated carbocycles. The molecule has 138 valence electrons. The van der Waals surface area contributed by atoms with Crippen LogP contribution in [0, 0.1) is 0 Å². The van der Waals surface area contributed by atoms with Crippen molar-refractivity contribution in [3.63, 3.8) is 0 Å². The van der Waals surface area contributed by atoms with Gasteiger partial charge in [0.1, 0.15) is 0 Å². The Labute approximate surface area is 153 Å². The number of nitrogens with zero attached hydrogens (tertiary/aromatic N) is 1. The number of esters is 2. The lowest BCUT2D eigenvalue weighted by Crippen LogP contribution is -2.26. The summed E-state index contributed by atoms with van der Waals surface area (Å²) in [4.78, 5) is 38.2. The van der Waals surface area contributed by atoms with Crippen molar-refractivity contribution in [2.75, 3.05) is 20.8 Å². The molecule has 26 heavy (non-hydrogen) atoms. The number of carbonyl (C=O) groups excluding carboxylic acids is 3. The van der Waals surface area contributed by atoms with Gasteiger partial charge >= 0.3 is 11.9 Å². The van der Waals surface area contributed by atoms with Gasteiger partial charge in [0.25, 0.3) is 5.91 Å². The first kappa shape index (κ1) is 19.4. The highest BCUT2D eigenvalue weighted by atomic mass is 16.5. The summed E-state index contributed by atoms with van der Waals surface area (Å²) in [5.41, 5.74) is 2.30. The summed E-state index contributed by atoms with van der Waals surface area (Å²) in [5, 5.41) is 0. The number of allylic oxidation sites excluding steroid dienone is 1. The lowest BCUT2D eigenvalue weighted by Gasteiger charge is -2.17. The first-order valence-electron chi connectivity index (χ1n) is 8.46. The largest absolute Gasteiger partial charge is 0.465 e. The molecule has 0 aliphatic carbocycles. The van der Waals surface area contributed by atoms with Crippen LogP contribution in [-0.2, 0) is 19.1 Å². The summed E-state index contributed by atoms with van der Waals surface area (Å²) in [7, 11) is 2.61. The molecule has 0 bridgehead atoms. The van der Waals surface area contributed by atoms with Crippen LogP contribution in [0.1, 0.15) is 42.6 Å². The zero-order valence-corrected chi connectivity index (χ0v) is 15.5. The Morgan fingerprint density at radius 2 is 1.69 bits per heavy atom. The van der Waals surface area contributed by atoms with Crippen LogP contribution in [0.3, 0.4) is 0 Å². The fourth-order valence-corrected chi connectivity index (χ4v) is 2.81. The molecule has 1 amide bonds. The molecule has 0 unspecified atom stereocenters. The van der Waals surface area contributed by atoms with E-state index in [-0.39, 0.29) is 11.5 Å². The lowest BCUT2D eigenvalue weighted by atomic mass is 10.0. The van der Waals surface area contributed by atoms with E-state index >= 15 is 0 Å². The van der Waals surface area contributed by atoms with Crippen molar-refractivity contribution in [2.45, 2.75) is 26.7 Å². The van der Waals surface area contributed by atoms with Gasteiger partial charge in [-0.1, -0.05) is 25.5 Å². The van der Waals surface area contributed by atoms with Crippen molar-refractivity contribution in [3.8, 4) is 0 Å². The second-order valence-electron chi connectivity index (χ2n) is 5.93. The third kappa shape index (κ3) is 3.85. The van der Waals surface area contributed by atoms with Gasteiger partial charge in [0.2, 0.25) is 0 Å². The standard InChI is InChI=1S/C20H23NO5/c1-5-6-11-21-13(2)17(20(24)26-4)16(18(21)22)12-14-7-9-15(10-8-14)19(23)25-3/h7-10,12H,5-6,11H2,1-4H3/b16-12+. The van der Waals surface area contributed by atoms with Crippen LogP contribution in [0.4, 0.5) is 0 Å². The Morgan fingerprint density at radius 3 is 2.23 bits per heavy atom. The van der Waals surface area contributed by atoms with Crippen molar-refractivity contribution in [2.24, 2.45) is 0 Å². The maximum absolute atomic E-state index is 12.8. The number of hydrogen-bond acceptors (Lipinski definition) is 5. The van der Waals surface area contributed by atoms with Gasteiger partial charge in [-0.25, -0.2) is 9.59 Å². The fraction of sp³-hybridized carbons (Fsp3) is 0.350. The molecular formula is C20H23NO5. The maximum Gasteiger partial charge on any atom is 0.340 e. The zero-order valence-electron chi connectivity index (χ0n) is 15.5. The van der Waals surface area contributed by atoms with Gasteiger partial charge in [-0.3, -0.25) is 4.79 Å². The zero-order chi connectivity index (χ0) is 19.3. The summed E-state index contributed by atoms with van der Waals surface area (Å²) in [5.74, 6) is -1.18. The van der Waals surface area contributed by atoms with E-state index in [1.807, 2.05) is 6.92 Å². The van der Waals surface area contributed by atoms with Crippen molar-refractivity contribution < 1.29 is 23.9 Å². The normalized spacial score (nSPS) is 15.6. The number of hydrogen-bond donors (Lipinski definition) is 0. The maximum atomic E-state index is 12.8. The predicted octanol–water partition coefficient (Wildman–Crippen LogP) is 2.95. The lowest BCUT2D eigenvalue weighted by molar-refractivity contribution is -0.136. The van der Waals surface area contributed by atoms with Crippen molar-refractivity contribution >= 4 is 23.9 Å². The SMILES string of the molecule is CCCCN1C(=O)/C(=C/c2ccc(C(=O)OC)cc2)C(C(=O)OC)=C1C. The molecule has 0 N–H and O–H groups in total. The monoisotopic (exact) mass is 357 g/mol. The minimum absolute atomic E-state index is 0.214. The van der Waals surface area contributed by atoms with E-state index < -0.39 is 11.9 Å². The van der Waals surface area contributed by atoms with E-state index in [0.29, 0.717) is 28.9 Å². The fourth-order valence-electron chi connectivity index (χ4n) is 2.81. The van der Waals surface area contributed by atoms with E-state index in [1.165, 1.54) is 14.2 Å². The molecule has 0 saturated heterocycles. The van der Waals surface area contributed by atoms with Gasteiger partial charge < -0.3 is 14.4 Å². The van der Waals surface area contributed by atoms with Crippen LogP contribution in [0.25, 0.3) is 6.08 Å². The molecule has 6 nitrogen and oxygen atoms in total. The number of ether oxygens (including phenoxy) is 2. The highest BCUT2D eigenvalue weighted by molar-refractivity contribution is 6.16. The second-order valence-corrected chi connectivity index (χ2v) is 5.93. The summed E-state index contributed by atoms with van der Waals surface area (Å²) < 4.78 is 9.53. The molecule has 1 aliphatic rings. The van der Waals surface area contributed by atoms with Crippen molar-refractivity contribution in [3.05, 3.63) is 52.2 Å². The average Bonchev–Trinajstić information content (AvgIpc) is 2.89. The average molecular weight is 357 g/mol.